The summed E-state index contributed by atoms with van der Waals surface area (Å²) in [7, 11) is 0. The lowest BCUT2D eigenvalue weighted by molar-refractivity contribution is -0.119. The van der Waals surface area contributed by atoms with Crippen molar-refractivity contribution >= 4 is 34.7 Å². The first-order chi connectivity index (χ1) is 11.6. The number of hydrogen-bond donors (Lipinski definition) is 1. The Labute approximate surface area is 143 Å². The number of rotatable bonds is 3. The number of anilines is 2. The number of aryl methyl sites for hydroxylation is 2. The van der Waals surface area contributed by atoms with Crippen molar-refractivity contribution < 1.29 is 9.59 Å². The Hall–Kier alpha value is -2.28. The summed E-state index contributed by atoms with van der Waals surface area (Å²) in [5.74, 6) is 0.768. The van der Waals surface area contributed by atoms with Gasteiger partial charge in [0.15, 0.2) is 5.01 Å². The van der Waals surface area contributed by atoms with Crippen molar-refractivity contribution in [3.8, 4) is 0 Å². The standard InChI is InChI=1S/C17H18N4O2S/c1-10-12(4-2-8-18-10)19-15(22)16-20-14-13(24-16)5-3-9-21(14)17(23)11-6-7-11/h2,4,8,11H,3,5-7,9H2,1H3,(H,19,22). The summed E-state index contributed by atoms with van der Waals surface area (Å²) in [4.78, 5) is 36.4. The van der Waals surface area contributed by atoms with E-state index >= 15 is 0 Å². The lowest BCUT2D eigenvalue weighted by Crippen LogP contribution is -2.36. The summed E-state index contributed by atoms with van der Waals surface area (Å²) < 4.78 is 0. The van der Waals surface area contributed by atoms with Gasteiger partial charge < -0.3 is 5.32 Å². The summed E-state index contributed by atoms with van der Waals surface area (Å²) in [6, 6.07) is 3.60. The van der Waals surface area contributed by atoms with Crippen LogP contribution >= 0.6 is 11.3 Å². The molecule has 0 unspecified atom stereocenters. The van der Waals surface area contributed by atoms with E-state index in [2.05, 4.69) is 15.3 Å². The average molecular weight is 342 g/mol. The zero-order valence-corrected chi connectivity index (χ0v) is 14.2. The van der Waals surface area contributed by atoms with Crippen LogP contribution in [0, 0.1) is 12.8 Å². The zero-order chi connectivity index (χ0) is 16.7. The van der Waals surface area contributed by atoms with Gasteiger partial charge in [-0.1, -0.05) is 0 Å². The van der Waals surface area contributed by atoms with Gasteiger partial charge in [-0.15, -0.1) is 11.3 Å². The molecule has 0 aromatic carbocycles. The maximum Gasteiger partial charge on any atom is 0.284 e. The van der Waals surface area contributed by atoms with Crippen LogP contribution in [-0.4, -0.2) is 28.3 Å². The minimum absolute atomic E-state index is 0.160. The van der Waals surface area contributed by atoms with Gasteiger partial charge in [-0.2, -0.15) is 0 Å². The first-order valence-corrected chi connectivity index (χ1v) is 8.99. The number of fused-ring (bicyclic) bond motifs is 1. The van der Waals surface area contributed by atoms with E-state index in [9.17, 15) is 9.59 Å². The number of nitrogens with one attached hydrogen (secondary N) is 1. The Balaban J connectivity index is 1.58. The molecule has 2 amide bonds. The predicted octanol–water partition coefficient (Wildman–Crippen LogP) is 2.79. The highest BCUT2D eigenvalue weighted by Crippen LogP contribution is 2.37. The van der Waals surface area contributed by atoms with Gasteiger partial charge in [-0.05, 0) is 44.7 Å². The van der Waals surface area contributed by atoms with Crippen LogP contribution in [0.1, 0.15) is 39.6 Å². The van der Waals surface area contributed by atoms with Gasteiger partial charge in [0.05, 0.1) is 11.4 Å². The van der Waals surface area contributed by atoms with Gasteiger partial charge in [0.25, 0.3) is 5.91 Å². The fourth-order valence-electron chi connectivity index (χ4n) is 2.88. The van der Waals surface area contributed by atoms with E-state index < -0.39 is 0 Å². The van der Waals surface area contributed by atoms with Gasteiger partial charge in [0.2, 0.25) is 5.91 Å². The van der Waals surface area contributed by atoms with E-state index in [-0.39, 0.29) is 17.7 Å². The molecule has 1 fully saturated rings. The summed E-state index contributed by atoms with van der Waals surface area (Å²) in [6.07, 6.45) is 5.44. The summed E-state index contributed by atoms with van der Waals surface area (Å²) in [5.41, 5.74) is 1.44. The Morgan fingerprint density at radius 1 is 1.38 bits per heavy atom. The molecule has 7 heteroatoms. The molecule has 2 aromatic rings. The van der Waals surface area contributed by atoms with Crippen LogP contribution in [0.5, 0.6) is 0 Å². The fourth-order valence-corrected chi connectivity index (χ4v) is 3.88. The lowest BCUT2D eigenvalue weighted by Gasteiger charge is -2.25. The molecule has 0 spiro atoms. The maximum absolute atomic E-state index is 12.5. The fraction of sp³-hybridized carbons (Fsp3) is 0.412. The Morgan fingerprint density at radius 3 is 2.96 bits per heavy atom. The van der Waals surface area contributed by atoms with Crippen LogP contribution < -0.4 is 10.2 Å². The number of hydrogen-bond acceptors (Lipinski definition) is 5. The second-order valence-electron chi connectivity index (χ2n) is 6.22. The molecule has 0 saturated heterocycles. The van der Waals surface area contributed by atoms with E-state index in [0.29, 0.717) is 23.1 Å². The van der Waals surface area contributed by atoms with Crippen LogP contribution in [0.2, 0.25) is 0 Å². The zero-order valence-electron chi connectivity index (χ0n) is 13.4. The molecule has 2 aromatic heterocycles. The summed E-state index contributed by atoms with van der Waals surface area (Å²) >= 11 is 1.38. The van der Waals surface area contributed by atoms with Crippen LogP contribution in [0.3, 0.4) is 0 Å². The second kappa shape index (κ2) is 5.98. The minimum atomic E-state index is -0.246. The normalized spacial score (nSPS) is 16.6. The summed E-state index contributed by atoms with van der Waals surface area (Å²) in [5, 5.41) is 3.26. The maximum atomic E-state index is 12.5. The molecule has 2 aliphatic rings. The Bertz CT molecular complexity index is 813. The average Bonchev–Trinajstić information content (AvgIpc) is 3.34. The van der Waals surface area contributed by atoms with Crippen molar-refractivity contribution in [2.45, 2.75) is 32.6 Å². The highest BCUT2D eigenvalue weighted by molar-refractivity contribution is 7.14. The number of carbonyl (C=O) groups excluding carboxylic acids is 2. The smallest absolute Gasteiger partial charge is 0.284 e. The van der Waals surface area contributed by atoms with Crippen molar-refractivity contribution in [1.82, 2.24) is 9.97 Å². The number of pyridine rings is 1. The topological polar surface area (TPSA) is 75.2 Å². The molecule has 1 aliphatic carbocycles. The van der Waals surface area contributed by atoms with Gasteiger partial charge >= 0.3 is 0 Å². The second-order valence-corrected chi connectivity index (χ2v) is 7.31. The monoisotopic (exact) mass is 342 g/mol. The number of amides is 2. The first-order valence-electron chi connectivity index (χ1n) is 8.17. The molecule has 0 bridgehead atoms. The molecule has 4 rings (SSSR count). The molecule has 1 N–H and O–H groups in total. The van der Waals surface area contributed by atoms with Gasteiger partial charge in [0.1, 0.15) is 5.82 Å². The van der Waals surface area contributed by atoms with Gasteiger partial charge in [-0.3, -0.25) is 19.5 Å². The van der Waals surface area contributed by atoms with E-state index in [4.69, 9.17) is 0 Å². The Morgan fingerprint density at radius 2 is 2.21 bits per heavy atom. The van der Waals surface area contributed by atoms with Crippen molar-refractivity contribution in [3.63, 3.8) is 0 Å². The molecule has 3 heterocycles. The van der Waals surface area contributed by atoms with Gasteiger partial charge in [0, 0.05) is 23.5 Å². The molecule has 124 valence electrons. The quantitative estimate of drug-likeness (QED) is 0.931. The van der Waals surface area contributed by atoms with Crippen LogP contribution in [-0.2, 0) is 11.2 Å². The number of thiazole rings is 1. The molecule has 6 nitrogen and oxygen atoms in total. The van der Waals surface area contributed by atoms with Gasteiger partial charge in [-0.25, -0.2) is 4.98 Å². The van der Waals surface area contributed by atoms with Crippen molar-refractivity contribution in [2.24, 2.45) is 5.92 Å². The highest BCUT2D eigenvalue weighted by Gasteiger charge is 2.37. The lowest BCUT2D eigenvalue weighted by atomic mass is 10.1. The molecule has 24 heavy (non-hydrogen) atoms. The minimum Gasteiger partial charge on any atom is -0.318 e. The van der Waals surface area contributed by atoms with Crippen LogP contribution in [0.4, 0.5) is 11.5 Å². The molecule has 0 atom stereocenters. The summed E-state index contributed by atoms with van der Waals surface area (Å²) in [6.45, 7) is 2.55. The highest BCUT2D eigenvalue weighted by atomic mass is 32.1. The third kappa shape index (κ3) is 2.80. The van der Waals surface area contributed by atoms with Crippen molar-refractivity contribution in [3.05, 3.63) is 33.9 Å². The molecule has 0 radical (unpaired) electrons. The van der Waals surface area contributed by atoms with E-state index in [1.165, 1.54) is 11.3 Å². The third-order valence-electron chi connectivity index (χ3n) is 4.36. The molecular weight excluding hydrogens is 324 g/mol. The SMILES string of the molecule is Cc1ncccc1NC(=O)c1nc2c(s1)CCCN2C(=O)C1CC1. The van der Waals surface area contributed by atoms with Crippen molar-refractivity contribution in [1.29, 1.82) is 0 Å². The molecular formula is C17H18N4O2S. The largest absolute Gasteiger partial charge is 0.318 e. The Kier molecular flexibility index (Phi) is 3.80. The third-order valence-corrected chi connectivity index (χ3v) is 5.46. The van der Waals surface area contributed by atoms with Crippen LogP contribution in [0.25, 0.3) is 0 Å². The molecule has 1 saturated carbocycles. The molecule has 1 aliphatic heterocycles. The number of carbonyl (C=O) groups is 2. The van der Waals surface area contributed by atoms with E-state index in [1.807, 2.05) is 13.0 Å². The van der Waals surface area contributed by atoms with Crippen LogP contribution in [0.15, 0.2) is 18.3 Å². The number of aromatic nitrogens is 2. The van der Waals surface area contributed by atoms with E-state index in [0.717, 1.165) is 36.3 Å². The number of nitrogens with zero attached hydrogens (tertiary/aromatic N) is 3. The first kappa shape index (κ1) is 15.3. The van der Waals surface area contributed by atoms with Crippen molar-refractivity contribution in [2.75, 3.05) is 16.8 Å². The van der Waals surface area contributed by atoms with E-state index in [1.54, 1.807) is 17.2 Å². The predicted molar refractivity (Wildman–Crippen MR) is 92.4 cm³/mol.